The van der Waals surface area contributed by atoms with Gasteiger partial charge in [-0.05, 0) is 60.9 Å². The molecule has 4 rings (SSSR count). The topological polar surface area (TPSA) is 102 Å². The number of nitro groups is 1. The van der Waals surface area contributed by atoms with Gasteiger partial charge >= 0.3 is 0 Å². The molecule has 0 fully saturated rings. The third-order valence-electron chi connectivity index (χ3n) is 5.07. The van der Waals surface area contributed by atoms with Crippen molar-refractivity contribution in [1.82, 2.24) is 9.55 Å². The molecule has 8 nitrogen and oxygen atoms in total. The fourth-order valence-electron chi connectivity index (χ4n) is 3.26. The Labute approximate surface area is 177 Å². The number of hydrazone groups is 1. The average Bonchev–Trinajstić information content (AvgIpc) is 2.77. The van der Waals surface area contributed by atoms with E-state index in [1.807, 2.05) is 38.1 Å². The number of nitro benzene ring substituents is 1. The summed E-state index contributed by atoms with van der Waals surface area (Å²) >= 11 is 0. The van der Waals surface area contributed by atoms with Gasteiger partial charge in [0.05, 0.1) is 27.7 Å². The molecule has 0 spiro atoms. The average molecular weight is 413 g/mol. The number of fused-ring (bicyclic) bond motifs is 1. The second kappa shape index (κ2) is 8.19. The Morgan fingerprint density at radius 2 is 1.77 bits per heavy atom. The lowest BCUT2D eigenvalue weighted by molar-refractivity contribution is -0.384. The number of hydrogen-bond acceptors (Lipinski definition) is 6. The summed E-state index contributed by atoms with van der Waals surface area (Å²) in [6, 6.07) is 18.9. The van der Waals surface area contributed by atoms with E-state index in [-0.39, 0.29) is 17.2 Å². The summed E-state index contributed by atoms with van der Waals surface area (Å²) in [5.74, 6) is 0.274. The van der Waals surface area contributed by atoms with Crippen LogP contribution in [0.15, 0.2) is 76.6 Å². The molecule has 0 radical (unpaired) electrons. The highest BCUT2D eigenvalue weighted by Crippen LogP contribution is 2.21. The van der Waals surface area contributed by atoms with E-state index >= 15 is 0 Å². The minimum absolute atomic E-state index is 0.00469. The quantitative estimate of drug-likeness (QED) is 0.298. The molecule has 3 aromatic carbocycles. The van der Waals surface area contributed by atoms with Crippen LogP contribution in [0.5, 0.6) is 0 Å². The lowest BCUT2D eigenvalue weighted by Gasteiger charge is -2.16. The predicted molar refractivity (Wildman–Crippen MR) is 121 cm³/mol. The van der Waals surface area contributed by atoms with Gasteiger partial charge in [0, 0.05) is 12.1 Å². The maximum absolute atomic E-state index is 13.3. The van der Waals surface area contributed by atoms with Crippen LogP contribution < -0.4 is 11.0 Å². The molecule has 0 unspecified atom stereocenters. The number of aryl methyl sites for hydroxylation is 1. The van der Waals surface area contributed by atoms with Crippen molar-refractivity contribution < 1.29 is 4.92 Å². The van der Waals surface area contributed by atoms with Crippen LogP contribution in [-0.4, -0.2) is 20.7 Å². The number of rotatable bonds is 5. The zero-order valence-electron chi connectivity index (χ0n) is 16.9. The van der Waals surface area contributed by atoms with E-state index in [9.17, 15) is 14.9 Å². The first-order valence-corrected chi connectivity index (χ1v) is 9.57. The van der Waals surface area contributed by atoms with Crippen LogP contribution >= 0.6 is 0 Å². The molecule has 0 atom stereocenters. The normalized spacial score (nSPS) is 11.2. The molecule has 0 aliphatic carbocycles. The Morgan fingerprint density at radius 1 is 1.03 bits per heavy atom. The fourth-order valence-corrected chi connectivity index (χ4v) is 3.26. The lowest BCUT2D eigenvalue weighted by atomic mass is 10.1. The maximum Gasteiger partial charge on any atom is 0.269 e. The molecule has 154 valence electrons. The summed E-state index contributed by atoms with van der Waals surface area (Å²) in [7, 11) is 0. The molecule has 0 saturated heterocycles. The van der Waals surface area contributed by atoms with E-state index in [0.717, 1.165) is 16.8 Å². The number of anilines is 1. The first kappa shape index (κ1) is 20.0. The Morgan fingerprint density at radius 3 is 2.52 bits per heavy atom. The molecule has 0 amide bonds. The standard InChI is InChI=1S/C23H19N5O3/c1-15-6-5-9-21(16(15)2)27-22(29)19-7-3-4-8-20(19)25-23(27)26-24-14-17-10-12-18(13-11-17)28(30)31/h3-14H,1-2H3,(H,25,26)/b24-14-. The Balaban J connectivity index is 1.78. The molecule has 31 heavy (non-hydrogen) atoms. The van der Waals surface area contributed by atoms with Gasteiger partial charge in [-0.15, -0.1) is 0 Å². The van der Waals surface area contributed by atoms with Crippen LogP contribution in [0.2, 0.25) is 0 Å². The zero-order chi connectivity index (χ0) is 22.0. The summed E-state index contributed by atoms with van der Waals surface area (Å²) in [5.41, 5.74) is 6.63. The molecule has 4 aromatic rings. The van der Waals surface area contributed by atoms with Crippen LogP contribution in [-0.2, 0) is 0 Å². The van der Waals surface area contributed by atoms with Gasteiger partial charge in [-0.25, -0.2) is 15.0 Å². The summed E-state index contributed by atoms with van der Waals surface area (Å²) in [6.07, 6.45) is 1.51. The van der Waals surface area contributed by atoms with E-state index < -0.39 is 4.92 Å². The van der Waals surface area contributed by atoms with Crippen molar-refractivity contribution in [2.24, 2.45) is 5.10 Å². The Hall–Kier alpha value is -4.33. The number of hydrogen-bond donors (Lipinski definition) is 1. The molecular formula is C23H19N5O3. The van der Waals surface area contributed by atoms with Crippen LogP contribution in [0, 0.1) is 24.0 Å². The monoisotopic (exact) mass is 413 g/mol. The van der Waals surface area contributed by atoms with Crippen molar-refractivity contribution in [3.05, 3.63) is 104 Å². The van der Waals surface area contributed by atoms with Gasteiger partial charge in [0.25, 0.3) is 11.2 Å². The molecule has 0 aliphatic heterocycles. The first-order valence-electron chi connectivity index (χ1n) is 9.57. The molecule has 0 saturated carbocycles. The van der Waals surface area contributed by atoms with Crippen LogP contribution in [0.3, 0.4) is 0 Å². The van der Waals surface area contributed by atoms with Crippen molar-refractivity contribution in [3.8, 4) is 5.69 Å². The highest BCUT2D eigenvalue weighted by molar-refractivity contribution is 5.81. The predicted octanol–water partition coefficient (Wildman–Crippen LogP) is 4.36. The number of aromatic nitrogens is 2. The summed E-state index contributed by atoms with van der Waals surface area (Å²) < 4.78 is 1.51. The number of para-hydroxylation sites is 1. The highest BCUT2D eigenvalue weighted by atomic mass is 16.6. The summed E-state index contributed by atoms with van der Waals surface area (Å²) in [4.78, 5) is 28.3. The zero-order valence-corrected chi connectivity index (χ0v) is 16.9. The largest absolute Gasteiger partial charge is 0.269 e. The van der Waals surface area contributed by atoms with Gasteiger partial charge in [0.2, 0.25) is 5.95 Å². The fraction of sp³-hybridized carbons (Fsp3) is 0.0870. The van der Waals surface area contributed by atoms with Gasteiger partial charge < -0.3 is 0 Å². The second-order valence-electron chi connectivity index (χ2n) is 7.03. The maximum atomic E-state index is 13.3. The minimum Gasteiger partial charge on any atom is -0.268 e. The smallest absolute Gasteiger partial charge is 0.268 e. The van der Waals surface area contributed by atoms with Crippen molar-refractivity contribution in [2.45, 2.75) is 13.8 Å². The number of nitrogens with one attached hydrogen (secondary N) is 1. The van der Waals surface area contributed by atoms with Gasteiger partial charge in [0.15, 0.2) is 0 Å². The third kappa shape index (κ3) is 3.91. The molecule has 1 heterocycles. The van der Waals surface area contributed by atoms with Crippen molar-refractivity contribution in [1.29, 1.82) is 0 Å². The number of non-ortho nitro benzene ring substituents is 1. The SMILES string of the molecule is Cc1cccc(-n2c(N/N=C\c3ccc([N+](=O)[O-])cc3)nc3ccccc3c2=O)c1C. The van der Waals surface area contributed by atoms with E-state index in [1.165, 1.54) is 22.9 Å². The lowest BCUT2D eigenvalue weighted by Crippen LogP contribution is -2.23. The first-order chi connectivity index (χ1) is 15.0. The van der Waals surface area contributed by atoms with Crippen LogP contribution in [0.25, 0.3) is 16.6 Å². The molecule has 1 aromatic heterocycles. The second-order valence-corrected chi connectivity index (χ2v) is 7.03. The number of nitrogens with zero attached hydrogens (tertiary/aromatic N) is 4. The van der Waals surface area contributed by atoms with E-state index in [1.54, 1.807) is 30.3 Å². The van der Waals surface area contributed by atoms with Crippen molar-refractivity contribution in [2.75, 3.05) is 5.43 Å². The third-order valence-corrected chi connectivity index (χ3v) is 5.07. The van der Waals surface area contributed by atoms with Gasteiger partial charge in [-0.2, -0.15) is 5.10 Å². The van der Waals surface area contributed by atoms with Crippen molar-refractivity contribution in [3.63, 3.8) is 0 Å². The summed E-state index contributed by atoms with van der Waals surface area (Å²) in [6.45, 7) is 3.94. The molecule has 8 heteroatoms. The summed E-state index contributed by atoms with van der Waals surface area (Å²) in [5, 5.41) is 15.5. The molecule has 0 aliphatic rings. The van der Waals surface area contributed by atoms with E-state index in [4.69, 9.17) is 0 Å². The molecule has 0 bridgehead atoms. The van der Waals surface area contributed by atoms with Gasteiger partial charge in [-0.3, -0.25) is 14.9 Å². The van der Waals surface area contributed by atoms with Gasteiger partial charge in [0.1, 0.15) is 0 Å². The molecular weight excluding hydrogens is 394 g/mol. The Bertz CT molecular complexity index is 1370. The molecule has 1 N–H and O–H groups in total. The van der Waals surface area contributed by atoms with E-state index in [2.05, 4.69) is 15.5 Å². The highest BCUT2D eigenvalue weighted by Gasteiger charge is 2.14. The number of benzene rings is 3. The van der Waals surface area contributed by atoms with Crippen LogP contribution in [0.4, 0.5) is 11.6 Å². The minimum atomic E-state index is -0.457. The Kier molecular flexibility index (Phi) is 5.28. The van der Waals surface area contributed by atoms with Gasteiger partial charge in [-0.1, -0.05) is 24.3 Å². The van der Waals surface area contributed by atoms with Crippen molar-refractivity contribution >= 4 is 28.8 Å². The van der Waals surface area contributed by atoms with E-state index in [0.29, 0.717) is 16.5 Å². The van der Waals surface area contributed by atoms with Crippen LogP contribution in [0.1, 0.15) is 16.7 Å².